The molecule has 2 heteroatoms. The summed E-state index contributed by atoms with van der Waals surface area (Å²) < 4.78 is 0. The number of thiophene rings is 1. The van der Waals surface area contributed by atoms with E-state index < -0.39 is 0 Å². The largest absolute Gasteiger partial charge is 0.387 e. The van der Waals surface area contributed by atoms with Gasteiger partial charge >= 0.3 is 0 Å². The Morgan fingerprint density at radius 2 is 1.74 bits per heavy atom. The molecule has 19 heavy (non-hydrogen) atoms. The van der Waals surface area contributed by atoms with E-state index in [1.165, 1.54) is 24.8 Å². The van der Waals surface area contributed by atoms with Crippen molar-refractivity contribution >= 4 is 11.3 Å². The minimum Gasteiger partial charge on any atom is -0.387 e. The van der Waals surface area contributed by atoms with Gasteiger partial charge in [-0.3, -0.25) is 0 Å². The molecule has 0 amide bonds. The van der Waals surface area contributed by atoms with Crippen molar-refractivity contribution in [3.8, 4) is 0 Å². The maximum absolute atomic E-state index is 10.9. The van der Waals surface area contributed by atoms with E-state index in [1.54, 1.807) is 11.3 Å². The first-order valence-corrected chi connectivity index (χ1v) is 8.03. The van der Waals surface area contributed by atoms with Crippen LogP contribution in [0.1, 0.15) is 49.3 Å². The molecule has 1 nitrogen and oxygen atoms in total. The molecule has 1 fully saturated rings. The predicted molar refractivity (Wildman–Crippen MR) is 80.5 cm³/mol. The predicted octanol–water partition coefficient (Wildman–Crippen LogP) is 4.68. The Morgan fingerprint density at radius 1 is 1.00 bits per heavy atom. The van der Waals surface area contributed by atoms with Crippen molar-refractivity contribution in [3.63, 3.8) is 0 Å². The lowest BCUT2D eigenvalue weighted by molar-refractivity contribution is 0.0531. The van der Waals surface area contributed by atoms with Gasteiger partial charge in [0.2, 0.25) is 0 Å². The van der Waals surface area contributed by atoms with Gasteiger partial charge in [0.15, 0.2) is 0 Å². The third-order valence-corrected chi connectivity index (χ3v) is 5.18. The Labute approximate surface area is 118 Å². The lowest BCUT2D eigenvalue weighted by atomic mass is 9.65. The molecule has 1 N–H and O–H groups in total. The second kappa shape index (κ2) is 5.48. The normalized spacial score (nSPS) is 20.1. The van der Waals surface area contributed by atoms with Crippen LogP contribution in [-0.2, 0) is 5.41 Å². The maximum atomic E-state index is 10.9. The summed E-state index contributed by atoms with van der Waals surface area (Å²) in [6.45, 7) is 0. The zero-order valence-electron chi connectivity index (χ0n) is 11.1. The Bertz CT molecular complexity index is 497. The van der Waals surface area contributed by atoms with Crippen molar-refractivity contribution in [2.45, 2.75) is 43.6 Å². The van der Waals surface area contributed by atoms with Crippen LogP contribution in [0, 0.1) is 0 Å². The van der Waals surface area contributed by atoms with Gasteiger partial charge in [0.05, 0.1) is 6.10 Å². The van der Waals surface area contributed by atoms with E-state index in [2.05, 4.69) is 47.2 Å². The van der Waals surface area contributed by atoms with E-state index >= 15 is 0 Å². The second-order valence-corrected chi connectivity index (χ2v) is 6.32. The molecule has 1 aromatic heterocycles. The van der Waals surface area contributed by atoms with Crippen LogP contribution in [0.4, 0.5) is 0 Å². The number of hydrogen-bond acceptors (Lipinski definition) is 2. The highest BCUT2D eigenvalue weighted by Gasteiger charge is 2.41. The van der Waals surface area contributed by atoms with Crippen LogP contribution in [0.25, 0.3) is 0 Å². The first-order valence-electron chi connectivity index (χ1n) is 7.09. The fourth-order valence-corrected chi connectivity index (χ4v) is 4.10. The molecule has 1 saturated carbocycles. The van der Waals surface area contributed by atoms with Crippen LogP contribution >= 0.6 is 11.3 Å². The smallest absolute Gasteiger partial charge is 0.0894 e. The molecule has 0 bridgehead atoms. The molecule has 1 heterocycles. The number of rotatable bonds is 3. The number of aliphatic hydroxyl groups excluding tert-OH is 1. The highest BCUT2D eigenvalue weighted by molar-refractivity contribution is 7.07. The molecular formula is C17H20OS. The van der Waals surface area contributed by atoms with Gasteiger partial charge in [-0.15, -0.1) is 0 Å². The summed E-state index contributed by atoms with van der Waals surface area (Å²) in [5.41, 5.74) is 2.30. The quantitative estimate of drug-likeness (QED) is 0.860. The molecular weight excluding hydrogens is 252 g/mol. The number of aliphatic hydroxyl groups is 1. The van der Waals surface area contributed by atoms with E-state index in [4.69, 9.17) is 0 Å². The monoisotopic (exact) mass is 272 g/mol. The average Bonchev–Trinajstić information content (AvgIpc) is 3.02. The Kier molecular flexibility index (Phi) is 3.72. The van der Waals surface area contributed by atoms with Crippen LogP contribution in [0.5, 0.6) is 0 Å². The molecule has 0 spiro atoms. The van der Waals surface area contributed by atoms with Crippen molar-refractivity contribution in [1.82, 2.24) is 0 Å². The van der Waals surface area contributed by atoms with E-state index in [-0.39, 0.29) is 11.5 Å². The van der Waals surface area contributed by atoms with Gasteiger partial charge in [-0.25, -0.2) is 0 Å². The SMILES string of the molecule is OC(c1ccsc1)C1(c2ccccc2)CCCCC1. The van der Waals surface area contributed by atoms with Crippen LogP contribution < -0.4 is 0 Å². The minimum absolute atomic E-state index is 0.0828. The Balaban J connectivity index is 2.02. The molecule has 1 aromatic carbocycles. The lowest BCUT2D eigenvalue weighted by Crippen LogP contribution is -2.35. The summed E-state index contributed by atoms with van der Waals surface area (Å²) in [7, 11) is 0. The highest BCUT2D eigenvalue weighted by atomic mass is 32.1. The average molecular weight is 272 g/mol. The van der Waals surface area contributed by atoms with Crippen LogP contribution in [0.3, 0.4) is 0 Å². The molecule has 1 aliphatic carbocycles. The van der Waals surface area contributed by atoms with Gasteiger partial charge in [0.1, 0.15) is 0 Å². The van der Waals surface area contributed by atoms with Crippen molar-refractivity contribution < 1.29 is 5.11 Å². The molecule has 1 aliphatic rings. The summed E-state index contributed by atoms with van der Waals surface area (Å²) in [4.78, 5) is 0. The minimum atomic E-state index is -0.374. The second-order valence-electron chi connectivity index (χ2n) is 5.54. The molecule has 1 atom stereocenters. The van der Waals surface area contributed by atoms with Crippen molar-refractivity contribution in [2.24, 2.45) is 0 Å². The van der Waals surface area contributed by atoms with Gasteiger partial charge in [-0.05, 0) is 40.8 Å². The summed E-state index contributed by atoms with van der Waals surface area (Å²) >= 11 is 1.67. The standard InChI is InChI=1S/C17H20OS/c18-16(14-9-12-19-13-14)17(10-5-2-6-11-17)15-7-3-1-4-8-15/h1,3-4,7-9,12-13,16,18H,2,5-6,10-11H2. The van der Waals surface area contributed by atoms with Gasteiger partial charge in [0, 0.05) is 5.41 Å². The molecule has 0 radical (unpaired) electrons. The fourth-order valence-electron chi connectivity index (χ4n) is 3.42. The summed E-state index contributed by atoms with van der Waals surface area (Å²) in [5, 5.41) is 15.1. The van der Waals surface area contributed by atoms with Crippen molar-refractivity contribution in [2.75, 3.05) is 0 Å². The third kappa shape index (κ3) is 2.35. The first kappa shape index (κ1) is 12.9. The zero-order valence-corrected chi connectivity index (χ0v) is 11.9. The molecule has 2 aromatic rings. The number of hydrogen-bond donors (Lipinski definition) is 1. The van der Waals surface area contributed by atoms with Gasteiger partial charge in [-0.2, -0.15) is 11.3 Å². The topological polar surface area (TPSA) is 20.2 Å². The summed E-state index contributed by atoms with van der Waals surface area (Å²) in [6.07, 6.45) is 5.54. The molecule has 0 saturated heterocycles. The zero-order chi connectivity index (χ0) is 13.1. The molecule has 0 aliphatic heterocycles. The van der Waals surface area contributed by atoms with Crippen molar-refractivity contribution in [1.29, 1.82) is 0 Å². The van der Waals surface area contributed by atoms with E-state index in [0.29, 0.717) is 0 Å². The highest BCUT2D eigenvalue weighted by Crippen LogP contribution is 2.48. The van der Waals surface area contributed by atoms with E-state index in [0.717, 1.165) is 18.4 Å². The molecule has 100 valence electrons. The summed E-state index contributed by atoms with van der Waals surface area (Å²) in [5.74, 6) is 0. The Morgan fingerprint density at radius 3 is 2.37 bits per heavy atom. The molecule has 3 rings (SSSR count). The van der Waals surface area contributed by atoms with Crippen molar-refractivity contribution in [3.05, 3.63) is 58.3 Å². The third-order valence-electron chi connectivity index (χ3n) is 4.48. The van der Waals surface area contributed by atoms with Gasteiger partial charge in [-0.1, -0.05) is 49.6 Å². The van der Waals surface area contributed by atoms with Crippen LogP contribution in [0.15, 0.2) is 47.2 Å². The Hall–Kier alpha value is -1.12. The van der Waals surface area contributed by atoms with Crippen LogP contribution in [-0.4, -0.2) is 5.11 Å². The first-order chi connectivity index (χ1) is 9.33. The maximum Gasteiger partial charge on any atom is 0.0894 e. The molecule has 1 unspecified atom stereocenters. The lowest BCUT2D eigenvalue weighted by Gasteiger charge is -2.41. The van der Waals surface area contributed by atoms with Crippen LogP contribution in [0.2, 0.25) is 0 Å². The van der Waals surface area contributed by atoms with E-state index in [1.807, 2.05) is 0 Å². The fraction of sp³-hybridized carbons (Fsp3) is 0.412. The van der Waals surface area contributed by atoms with Gasteiger partial charge in [0.25, 0.3) is 0 Å². The number of benzene rings is 1. The van der Waals surface area contributed by atoms with Gasteiger partial charge < -0.3 is 5.11 Å². The summed E-state index contributed by atoms with van der Waals surface area (Å²) in [6, 6.07) is 12.7. The van der Waals surface area contributed by atoms with E-state index in [9.17, 15) is 5.11 Å².